The van der Waals surface area contributed by atoms with Crippen LogP contribution in [0.1, 0.15) is 27.6 Å². The van der Waals surface area contributed by atoms with Gasteiger partial charge in [0, 0.05) is 0 Å². The van der Waals surface area contributed by atoms with E-state index >= 15 is 0 Å². The van der Waals surface area contributed by atoms with Crippen LogP contribution in [-0.2, 0) is 14.3 Å². The largest absolute Gasteiger partial charge is 0.454 e. The summed E-state index contributed by atoms with van der Waals surface area (Å²) in [6.45, 7) is 0.652. The Morgan fingerprint density at radius 2 is 1.59 bits per heavy atom. The molecule has 0 aliphatic carbocycles. The van der Waals surface area contributed by atoms with Crippen LogP contribution in [0.3, 0.4) is 0 Å². The molecule has 27 heavy (non-hydrogen) atoms. The number of para-hydroxylation sites is 1. The number of imide groups is 1. The summed E-state index contributed by atoms with van der Waals surface area (Å²) in [5.74, 6) is -3.50. The summed E-state index contributed by atoms with van der Waals surface area (Å²) in [6, 6.07) is 10.5. The predicted octanol–water partition coefficient (Wildman–Crippen LogP) is 1.99. The van der Waals surface area contributed by atoms with Crippen molar-refractivity contribution in [1.29, 1.82) is 0 Å². The molecule has 0 fully saturated rings. The standard InChI is InChI=1S/C19H15FN2O5/c1-11(22-17(24)12-6-2-3-7-13(12)18(22)25)19(26)27-10-16(23)21-15-9-5-4-8-14(15)20/h2-9,11H,10H2,1H3,(H,21,23)/t11-/m1/s1. The molecule has 1 atom stereocenters. The highest BCUT2D eigenvalue weighted by atomic mass is 19.1. The fourth-order valence-corrected chi connectivity index (χ4v) is 2.67. The van der Waals surface area contributed by atoms with Gasteiger partial charge in [0.15, 0.2) is 6.61 Å². The van der Waals surface area contributed by atoms with Crippen molar-refractivity contribution in [2.75, 3.05) is 11.9 Å². The maximum Gasteiger partial charge on any atom is 0.329 e. The summed E-state index contributed by atoms with van der Waals surface area (Å²) in [4.78, 5) is 49.5. The number of carbonyl (C=O) groups is 4. The lowest BCUT2D eigenvalue weighted by atomic mass is 10.1. The Morgan fingerprint density at radius 1 is 1.04 bits per heavy atom. The van der Waals surface area contributed by atoms with Gasteiger partial charge in [-0.1, -0.05) is 24.3 Å². The molecule has 1 aliphatic heterocycles. The summed E-state index contributed by atoms with van der Waals surface area (Å²) in [6.07, 6.45) is 0. The molecular weight excluding hydrogens is 355 g/mol. The lowest BCUT2D eigenvalue weighted by Crippen LogP contribution is -2.44. The first-order valence-electron chi connectivity index (χ1n) is 8.08. The molecule has 1 aliphatic rings. The van der Waals surface area contributed by atoms with Crippen molar-refractivity contribution in [1.82, 2.24) is 4.90 Å². The Balaban J connectivity index is 1.60. The molecule has 0 spiro atoms. The normalized spacial score (nSPS) is 13.9. The van der Waals surface area contributed by atoms with E-state index in [1.165, 1.54) is 43.3 Å². The Labute approximate surface area is 153 Å². The Bertz CT molecular complexity index is 908. The number of halogens is 1. The van der Waals surface area contributed by atoms with Gasteiger partial charge >= 0.3 is 5.97 Å². The molecule has 0 bridgehead atoms. The third-order valence-electron chi connectivity index (χ3n) is 4.05. The summed E-state index contributed by atoms with van der Waals surface area (Å²) >= 11 is 0. The van der Waals surface area contributed by atoms with E-state index in [2.05, 4.69) is 5.32 Å². The topological polar surface area (TPSA) is 92.8 Å². The molecule has 3 rings (SSSR count). The van der Waals surface area contributed by atoms with Gasteiger partial charge in [-0.3, -0.25) is 19.3 Å². The van der Waals surface area contributed by atoms with Crippen molar-refractivity contribution in [2.45, 2.75) is 13.0 Å². The first kappa shape index (κ1) is 18.2. The molecule has 0 radical (unpaired) electrons. The van der Waals surface area contributed by atoms with E-state index in [4.69, 9.17) is 4.74 Å². The Hall–Kier alpha value is -3.55. The zero-order chi connectivity index (χ0) is 19.6. The number of ether oxygens (including phenoxy) is 1. The second-order valence-corrected chi connectivity index (χ2v) is 5.84. The van der Waals surface area contributed by atoms with Gasteiger partial charge in [-0.2, -0.15) is 0 Å². The minimum Gasteiger partial charge on any atom is -0.454 e. The second-order valence-electron chi connectivity index (χ2n) is 5.84. The van der Waals surface area contributed by atoms with Crippen molar-refractivity contribution in [3.05, 3.63) is 65.5 Å². The summed E-state index contributed by atoms with van der Waals surface area (Å²) in [7, 11) is 0. The first-order valence-corrected chi connectivity index (χ1v) is 8.08. The molecule has 2 aromatic carbocycles. The molecule has 0 unspecified atom stereocenters. The lowest BCUT2D eigenvalue weighted by molar-refractivity contribution is -0.150. The van der Waals surface area contributed by atoms with Crippen LogP contribution in [0, 0.1) is 5.82 Å². The van der Waals surface area contributed by atoms with Crippen LogP contribution >= 0.6 is 0 Å². The summed E-state index contributed by atoms with van der Waals surface area (Å²) in [5.41, 5.74) is 0.367. The fourth-order valence-electron chi connectivity index (χ4n) is 2.67. The highest BCUT2D eigenvalue weighted by Crippen LogP contribution is 2.24. The maximum absolute atomic E-state index is 13.5. The number of hydrogen-bond donors (Lipinski definition) is 1. The molecular formula is C19H15FN2O5. The van der Waals surface area contributed by atoms with E-state index in [-0.39, 0.29) is 16.8 Å². The zero-order valence-corrected chi connectivity index (χ0v) is 14.3. The SMILES string of the molecule is C[C@H](C(=O)OCC(=O)Nc1ccccc1F)N1C(=O)c2ccccc2C1=O. The average Bonchev–Trinajstić information content (AvgIpc) is 2.92. The number of rotatable bonds is 5. The quantitative estimate of drug-likeness (QED) is 0.642. The van der Waals surface area contributed by atoms with Gasteiger partial charge in [-0.15, -0.1) is 0 Å². The van der Waals surface area contributed by atoms with Crippen LogP contribution in [-0.4, -0.2) is 41.2 Å². The van der Waals surface area contributed by atoms with Crippen LogP contribution in [0.25, 0.3) is 0 Å². The van der Waals surface area contributed by atoms with E-state index in [0.29, 0.717) is 0 Å². The van der Waals surface area contributed by atoms with Gasteiger partial charge in [0.25, 0.3) is 17.7 Å². The summed E-state index contributed by atoms with van der Waals surface area (Å²) in [5, 5.41) is 2.27. The molecule has 1 heterocycles. The number of amides is 3. The van der Waals surface area contributed by atoms with Crippen LogP contribution < -0.4 is 5.32 Å². The Morgan fingerprint density at radius 3 is 2.19 bits per heavy atom. The van der Waals surface area contributed by atoms with Crippen molar-refractivity contribution in [3.63, 3.8) is 0 Å². The monoisotopic (exact) mass is 370 g/mol. The first-order chi connectivity index (χ1) is 12.9. The molecule has 3 amide bonds. The number of nitrogens with one attached hydrogen (secondary N) is 1. The number of carbonyl (C=O) groups excluding carboxylic acids is 4. The number of hydrogen-bond acceptors (Lipinski definition) is 5. The second kappa shape index (κ2) is 7.36. The smallest absolute Gasteiger partial charge is 0.329 e. The Kier molecular flexibility index (Phi) is 4.98. The summed E-state index contributed by atoms with van der Waals surface area (Å²) < 4.78 is 18.4. The van der Waals surface area contributed by atoms with Gasteiger partial charge < -0.3 is 10.1 Å². The third kappa shape index (κ3) is 3.55. The highest BCUT2D eigenvalue weighted by molar-refractivity contribution is 6.22. The zero-order valence-electron chi connectivity index (χ0n) is 14.3. The molecule has 2 aromatic rings. The minimum atomic E-state index is -1.21. The van der Waals surface area contributed by atoms with E-state index in [1.807, 2.05) is 0 Å². The molecule has 7 nitrogen and oxygen atoms in total. The van der Waals surface area contributed by atoms with Crippen LogP contribution in [0.5, 0.6) is 0 Å². The van der Waals surface area contributed by atoms with Gasteiger partial charge in [0.05, 0.1) is 16.8 Å². The number of anilines is 1. The van der Waals surface area contributed by atoms with Gasteiger partial charge in [0.1, 0.15) is 11.9 Å². The molecule has 0 saturated carbocycles. The number of nitrogens with zero attached hydrogens (tertiary/aromatic N) is 1. The van der Waals surface area contributed by atoms with Crippen molar-refractivity contribution < 1.29 is 28.3 Å². The van der Waals surface area contributed by atoms with Crippen molar-refractivity contribution >= 4 is 29.4 Å². The highest BCUT2D eigenvalue weighted by Gasteiger charge is 2.41. The number of esters is 1. The fraction of sp³-hybridized carbons (Fsp3) is 0.158. The van der Waals surface area contributed by atoms with E-state index in [9.17, 15) is 23.6 Å². The number of benzene rings is 2. The van der Waals surface area contributed by atoms with Gasteiger partial charge in [0.2, 0.25) is 0 Å². The van der Waals surface area contributed by atoms with Crippen molar-refractivity contribution in [2.24, 2.45) is 0 Å². The molecule has 138 valence electrons. The molecule has 0 saturated heterocycles. The minimum absolute atomic E-state index is 0.0491. The lowest BCUT2D eigenvalue weighted by Gasteiger charge is -2.20. The number of fused-ring (bicyclic) bond motifs is 1. The van der Waals surface area contributed by atoms with Crippen molar-refractivity contribution in [3.8, 4) is 0 Å². The molecule has 1 N–H and O–H groups in total. The predicted molar refractivity (Wildman–Crippen MR) is 92.4 cm³/mol. The van der Waals surface area contributed by atoms with Crippen LogP contribution in [0.15, 0.2) is 48.5 Å². The maximum atomic E-state index is 13.5. The molecule has 8 heteroatoms. The van der Waals surface area contributed by atoms with Gasteiger partial charge in [-0.25, -0.2) is 9.18 Å². The average molecular weight is 370 g/mol. The van der Waals surface area contributed by atoms with Crippen LogP contribution in [0.2, 0.25) is 0 Å². The third-order valence-corrected chi connectivity index (χ3v) is 4.05. The molecule has 0 aromatic heterocycles. The van der Waals surface area contributed by atoms with Gasteiger partial charge in [-0.05, 0) is 31.2 Å². The van der Waals surface area contributed by atoms with E-state index in [0.717, 1.165) is 4.90 Å². The van der Waals surface area contributed by atoms with Crippen LogP contribution in [0.4, 0.5) is 10.1 Å². The van der Waals surface area contributed by atoms with E-state index in [1.54, 1.807) is 12.1 Å². The van der Waals surface area contributed by atoms with E-state index < -0.39 is 42.2 Å².